The number of halogens is 1. The van der Waals surface area contributed by atoms with Gasteiger partial charge in [0, 0.05) is 12.5 Å². The molecule has 126 valence electrons. The summed E-state index contributed by atoms with van der Waals surface area (Å²) in [6.07, 6.45) is 0.957. The van der Waals surface area contributed by atoms with Gasteiger partial charge < -0.3 is 10.0 Å². The van der Waals surface area contributed by atoms with Crippen LogP contribution in [0.3, 0.4) is 0 Å². The van der Waals surface area contributed by atoms with E-state index in [0.717, 1.165) is 24.3 Å². The summed E-state index contributed by atoms with van der Waals surface area (Å²) in [6.45, 7) is 1.78. The first-order valence-corrected chi connectivity index (χ1v) is 8.89. The third-order valence-electron chi connectivity index (χ3n) is 3.88. The minimum absolute atomic E-state index is 0.0604. The average molecular weight is 343 g/mol. The predicted molar refractivity (Wildman–Crippen MR) is 80.0 cm³/mol. The molecule has 1 saturated heterocycles. The number of hydrogen-bond donors (Lipinski definition) is 1. The van der Waals surface area contributed by atoms with Gasteiger partial charge in [-0.2, -0.15) is 0 Å². The van der Waals surface area contributed by atoms with Crippen LogP contribution in [-0.2, 0) is 19.4 Å². The van der Waals surface area contributed by atoms with Crippen molar-refractivity contribution in [1.82, 2.24) is 4.90 Å². The SMILES string of the molecule is C[C@H](CS(=O)(=O)c1ccc(F)cc1)C(=O)N1CCC[C@H]1C(=O)O. The summed E-state index contributed by atoms with van der Waals surface area (Å²) in [7, 11) is -3.75. The van der Waals surface area contributed by atoms with Crippen molar-refractivity contribution in [1.29, 1.82) is 0 Å². The predicted octanol–water partition coefficient (Wildman–Crippen LogP) is 1.31. The maximum absolute atomic E-state index is 12.9. The zero-order valence-electron chi connectivity index (χ0n) is 12.6. The highest BCUT2D eigenvalue weighted by molar-refractivity contribution is 7.91. The fourth-order valence-electron chi connectivity index (χ4n) is 2.71. The maximum atomic E-state index is 12.9. The van der Waals surface area contributed by atoms with Crippen LogP contribution in [0.4, 0.5) is 4.39 Å². The molecule has 8 heteroatoms. The second-order valence-corrected chi connectivity index (χ2v) is 7.70. The Hall–Kier alpha value is -1.96. The molecule has 2 rings (SSSR count). The molecule has 6 nitrogen and oxygen atoms in total. The average Bonchev–Trinajstić information content (AvgIpc) is 2.96. The van der Waals surface area contributed by atoms with Crippen molar-refractivity contribution in [3.63, 3.8) is 0 Å². The van der Waals surface area contributed by atoms with Crippen LogP contribution in [0.5, 0.6) is 0 Å². The van der Waals surface area contributed by atoms with Crippen LogP contribution in [-0.4, -0.2) is 48.6 Å². The Bertz CT molecular complexity index is 701. The maximum Gasteiger partial charge on any atom is 0.326 e. The Morgan fingerprint density at radius 2 is 1.96 bits per heavy atom. The van der Waals surface area contributed by atoms with Crippen LogP contribution in [0, 0.1) is 11.7 Å². The summed E-state index contributed by atoms with van der Waals surface area (Å²) < 4.78 is 37.4. The lowest BCUT2D eigenvalue weighted by molar-refractivity contribution is -0.149. The van der Waals surface area contributed by atoms with Crippen LogP contribution in [0.1, 0.15) is 19.8 Å². The van der Waals surface area contributed by atoms with Crippen molar-refractivity contribution in [3.05, 3.63) is 30.1 Å². The van der Waals surface area contributed by atoms with Crippen molar-refractivity contribution in [2.45, 2.75) is 30.7 Å². The number of carboxylic acid groups (broad SMARTS) is 1. The van der Waals surface area contributed by atoms with E-state index in [1.807, 2.05) is 0 Å². The molecule has 23 heavy (non-hydrogen) atoms. The highest BCUT2D eigenvalue weighted by atomic mass is 32.2. The van der Waals surface area contributed by atoms with Crippen LogP contribution in [0.2, 0.25) is 0 Å². The molecule has 2 atom stereocenters. The molecule has 1 fully saturated rings. The zero-order chi connectivity index (χ0) is 17.2. The topological polar surface area (TPSA) is 91.8 Å². The van der Waals surface area contributed by atoms with Gasteiger partial charge in [0.25, 0.3) is 0 Å². The van der Waals surface area contributed by atoms with Gasteiger partial charge in [0.05, 0.1) is 10.6 Å². The molecular weight excluding hydrogens is 325 g/mol. The van der Waals surface area contributed by atoms with Crippen molar-refractivity contribution in [3.8, 4) is 0 Å². The van der Waals surface area contributed by atoms with E-state index in [4.69, 9.17) is 5.11 Å². The third kappa shape index (κ3) is 3.87. The standard InChI is InChI=1S/C15H18FNO5S/c1-10(14(18)17-8-2-3-13(17)15(19)20)9-23(21,22)12-6-4-11(16)5-7-12/h4-7,10,13H,2-3,8-9H2,1H3,(H,19,20)/t10-,13+/m1/s1. The summed E-state index contributed by atoms with van der Waals surface area (Å²) in [5.41, 5.74) is 0. The molecule has 0 aromatic heterocycles. The van der Waals surface area contributed by atoms with E-state index in [1.54, 1.807) is 0 Å². The van der Waals surface area contributed by atoms with Gasteiger partial charge in [-0.15, -0.1) is 0 Å². The van der Waals surface area contributed by atoms with Gasteiger partial charge in [0.15, 0.2) is 9.84 Å². The van der Waals surface area contributed by atoms with E-state index in [-0.39, 0.29) is 4.90 Å². The van der Waals surface area contributed by atoms with Crippen LogP contribution >= 0.6 is 0 Å². The molecule has 0 spiro atoms. The number of carbonyl (C=O) groups excluding carboxylic acids is 1. The van der Waals surface area contributed by atoms with E-state index < -0.39 is 45.2 Å². The first-order chi connectivity index (χ1) is 10.7. The van der Waals surface area contributed by atoms with Crippen molar-refractivity contribution < 1.29 is 27.5 Å². The first kappa shape index (κ1) is 17.4. The van der Waals surface area contributed by atoms with Crippen LogP contribution in [0.25, 0.3) is 0 Å². The third-order valence-corrected chi connectivity index (χ3v) is 5.81. The lowest BCUT2D eigenvalue weighted by Crippen LogP contribution is -2.44. The second-order valence-electron chi connectivity index (χ2n) is 5.66. The summed E-state index contributed by atoms with van der Waals surface area (Å²) >= 11 is 0. The summed E-state index contributed by atoms with van der Waals surface area (Å²) in [6, 6.07) is 3.49. The highest BCUT2D eigenvalue weighted by Gasteiger charge is 2.37. The first-order valence-electron chi connectivity index (χ1n) is 7.24. The fourth-order valence-corrected chi connectivity index (χ4v) is 4.25. The number of likely N-dealkylation sites (tertiary alicyclic amines) is 1. The molecule has 0 aliphatic carbocycles. The number of aliphatic carboxylic acids is 1. The van der Waals surface area contributed by atoms with E-state index in [2.05, 4.69) is 0 Å². The number of carboxylic acids is 1. The normalized spacial score (nSPS) is 19.6. The van der Waals surface area contributed by atoms with Gasteiger partial charge >= 0.3 is 5.97 Å². The number of nitrogens with zero attached hydrogens (tertiary/aromatic N) is 1. The quantitative estimate of drug-likeness (QED) is 0.814. The zero-order valence-corrected chi connectivity index (χ0v) is 13.4. The molecular formula is C15H18FNO5S. The van der Waals surface area contributed by atoms with Crippen molar-refractivity contribution in [2.75, 3.05) is 12.3 Å². The van der Waals surface area contributed by atoms with Crippen LogP contribution < -0.4 is 0 Å². The highest BCUT2D eigenvalue weighted by Crippen LogP contribution is 2.22. The number of amides is 1. The fraction of sp³-hybridized carbons (Fsp3) is 0.467. The Kier molecular flexibility index (Phi) is 5.03. The van der Waals surface area contributed by atoms with E-state index >= 15 is 0 Å². The molecule has 0 unspecified atom stereocenters. The van der Waals surface area contributed by atoms with Gasteiger partial charge in [-0.3, -0.25) is 4.79 Å². The van der Waals surface area contributed by atoms with Crippen molar-refractivity contribution >= 4 is 21.7 Å². The Balaban J connectivity index is 2.11. The second kappa shape index (κ2) is 6.66. The summed E-state index contributed by atoms with van der Waals surface area (Å²) in [5, 5.41) is 9.10. The molecule has 0 radical (unpaired) electrons. The Labute approximate surface area is 133 Å². The van der Waals surface area contributed by atoms with Crippen LogP contribution in [0.15, 0.2) is 29.2 Å². The van der Waals surface area contributed by atoms with Gasteiger partial charge in [0.1, 0.15) is 11.9 Å². The van der Waals surface area contributed by atoms with E-state index in [9.17, 15) is 22.4 Å². The van der Waals surface area contributed by atoms with E-state index in [1.165, 1.54) is 11.8 Å². The Morgan fingerprint density at radius 1 is 1.35 bits per heavy atom. The molecule has 1 aromatic carbocycles. The number of hydrogen-bond acceptors (Lipinski definition) is 4. The Morgan fingerprint density at radius 3 is 2.52 bits per heavy atom. The number of benzene rings is 1. The van der Waals surface area contributed by atoms with Gasteiger partial charge in [-0.1, -0.05) is 6.92 Å². The molecule has 1 aromatic rings. The van der Waals surface area contributed by atoms with Gasteiger partial charge in [0.2, 0.25) is 5.91 Å². The summed E-state index contributed by atoms with van der Waals surface area (Å²) in [5.74, 6) is -3.43. The molecule has 1 heterocycles. The largest absolute Gasteiger partial charge is 0.480 e. The number of carbonyl (C=O) groups is 2. The number of sulfone groups is 1. The molecule has 1 N–H and O–H groups in total. The minimum atomic E-state index is -3.75. The lowest BCUT2D eigenvalue weighted by Gasteiger charge is -2.24. The monoisotopic (exact) mass is 343 g/mol. The molecule has 0 saturated carbocycles. The van der Waals surface area contributed by atoms with E-state index in [0.29, 0.717) is 19.4 Å². The lowest BCUT2D eigenvalue weighted by atomic mass is 10.1. The molecule has 1 aliphatic rings. The number of rotatable bonds is 5. The minimum Gasteiger partial charge on any atom is -0.480 e. The molecule has 1 aliphatic heterocycles. The van der Waals surface area contributed by atoms with Gasteiger partial charge in [-0.05, 0) is 37.1 Å². The molecule has 1 amide bonds. The van der Waals surface area contributed by atoms with Crippen molar-refractivity contribution in [2.24, 2.45) is 5.92 Å². The molecule has 0 bridgehead atoms. The summed E-state index contributed by atoms with van der Waals surface area (Å²) in [4.78, 5) is 24.7. The van der Waals surface area contributed by atoms with Gasteiger partial charge in [-0.25, -0.2) is 17.6 Å². The smallest absolute Gasteiger partial charge is 0.326 e.